The molecule has 1 aromatic carbocycles. The Bertz CT molecular complexity index is 1600. The van der Waals surface area contributed by atoms with Crippen LogP contribution in [0, 0.1) is 11.3 Å². The second-order valence-electron chi connectivity index (χ2n) is 9.39. The number of aromatic nitrogens is 5. The van der Waals surface area contributed by atoms with Gasteiger partial charge in [-0.05, 0) is 62.2 Å². The molecule has 4 aromatic rings. The number of halogens is 3. The third-order valence-electron chi connectivity index (χ3n) is 6.26. The van der Waals surface area contributed by atoms with Crippen molar-refractivity contribution in [3.05, 3.63) is 69.9 Å². The first-order chi connectivity index (χ1) is 17.6. The summed E-state index contributed by atoms with van der Waals surface area (Å²) >= 11 is 0. The molecule has 0 unspecified atom stereocenters. The van der Waals surface area contributed by atoms with Gasteiger partial charge in [0.15, 0.2) is 5.65 Å². The minimum atomic E-state index is -4.66. The van der Waals surface area contributed by atoms with Crippen LogP contribution >= 0.6 is 0 Å². The molecule has 0 spiro atoms. The Labute approximate surface area is 209 Å². The van der Waals surface area contributed by atoms with E-state index in [4.69, 9.17) is 0 Å². The predicted molar refractivity (Wildman–Crippen MR) is 131 cm³/mol. The monoisotopic (exact) mass is 508 g/mol. The molecule has 0 saturated carbocycles. The van der Waals surface area contributed by atoms with Crippen LogP contribution in [0.2, 0.25) is 0 Å². The number of pyridine rings is 1. The Balaban J connectivity index is 1.65. The number of nitrogens with one attached hydrogen (secondary N) is 2. The summed E-state index contributed by atoms with van der Waals surface area (Å²) < 4.78 is 42.2. The summed E-state index contributed by atoms with van der Waals surface area (Å²) in [6.45, 7) is 3.42. The molecule has 12 heteroatoms. The van der Waals surface area contributed by atoms with Gasteiger partial charge in [-0.1, -0.05) is 6.07 Å². The Morgan fingerprint density at radius 1 is 1.16 bits per heavy atom. The molecule has 3 aromatic heterocycles. The van der Waals surface area contributed by atoms with Crippen LogP contribution in [0.3, 0.4) is 0 Å². The lowest BCUT2D eigenvalue weighted by atomic mass is 9.91. The lowest BCUT2D eigenvalue weighted by Gasteiger charge is -2.18. The van der Waals surface area contributed by atoms with Crippen molar-refractivity contribution in [3.63, 3.8) is 0 Å². The minimum absolute atomic E-state index is 0.000763. The van der Waals surface area contributed by atoms with Gasteiger partial charge >= 0.3 is 6.18 Å². The van der Waals surface area contributed by atoms with Gasteiger partial charge in [-0.2, -0.15) is 23.4 Å². The maximum absolute atomic E-state index is 13.5. The Morgan fingerprint density at radius 3 is 2.73 bits per heavy atom. The average molecular weight is 509 g/mol. The van der Waals surface area contributed by atoms with E-state index in [1.807, 2.05) is 18.2 Å². The third kappa shape index (κ3) is 4.77. The van der Waals surface area contributed by atoms with Gasteiger partial charge in [-0.25, -0.2) is 14.3 Å². The highest BCUT2D eigenvalue weighted by atomic mass is 19.4. The van der Waals surface area contributed by atoms with Crippen LogP contribution in [0.5, 0.6) is 0 Å². The molecule has 0 fully saturated rings. The summed E-state index contributed by atoms with van der Waals surface area (Å²) in [6.07, 6.45) is -1.18. The summed E-state index contributed by atoms with van der Waals surface area (Å²) in [5.41, 5.74) is 1.79. The van der Waals surface area contributed by atoms with Gasteiger partial charge < -0.3 is 10.6 Å². The molecule has 2 N–H and O–H groups in total. The van der Waals surface area contributed by atoms with Crippen molar-refractivity contribution in [2.24, 2.45) is 0 Å². The number of rotatable bonds is 5. The zero-order chi connectivity index (χ0) is 26.4. The molecule has 37 heavy (non-hydrogen) atoms. The zero-order valence-corrected chi connectivity index (χ0v) is 20.1. The Hall–Kier alpha value is -4.24. The first kappa shape index (κ1) is 24.5. The fraction of sp³-hybridized carbons (Fsp3) is 0.320. The van der Waals surface area contributed by atoms with Gasteiger partial charge in [0.1, 0.15) is 11.9 Å². The second-order valence-corrected chi connectivity index (χ2v) is 9.39. The Morgan fingerprint density at radius 2 is 1.97 bits per heavy atom. The molecule has 5 rings (SSSR count). The number of benzene rings is 1. The van der Waals surface area contributed by atoms with Crippen LogP contribution in [0.4, 0.5) is 24.8 Å². The van der Waals surface area contributed by atoms with Crippen LogP contribution in [-0.4, -0.2) is 37.0 Å². The van der Waals surface area contributed by atoms with Gasteiger partial charge in [0.25, 0.3) is 5.56 Å². The quantitative estimate of drug-likeness (QED) is 0.422. The summed E-state index contributed by atoms with van der Waals surface area (Å²) in [5.74, 6) is 0.130. The van der Waals surface area contributed by atoms with E-state index in [-0.39, 0.29) is 22.7 Å². The fourth-order valence-electron chi connectivity index (χ4n) is 4.30. The smallest absolute Gasteiger partial charge is 0.324 e. The molecule has 190 valence electrons. The van der Waals surface area contributed by atoms with Crippen molar-refractivity contribution in [2.45, 2.75) is 44.9 Å². The normalized spacial score (nSPS) is 13.8. The topological polar surface area (TPSA) is 113 Å². The van der Waals surface area contributed by atoms with Crippen molar-refractivity contribution in [1.82, 2.24) is 29.6 Å². The van der Waals surface area contributed by atoms with Crippen molar-refractivity contribution < 1.29 is 13.2 Å². The van der Waals surface area contributed by atoms with Crippen molar-refractivity contribution in [1.29, 1.82) is 5.26 Å². The number of nitriles is 1. The molecule has 0 atom stereocenters. The summed E-state index contributed by atoms with van der Waals surface area (Å²) in [4.78, 5) is 25.9. The molecule has 0 saturated heterocycles. The van der Waals surface area contributed by atoms with Crippen LogP contribution in [0.25, 0.3) is 16.7 Å². The highest BCUT2D eigenvalue weighted by molar-refractivity contribution is 5.77. The largest absolute Gasteiger partial charge is 0.408 e. The third-order valence-corrected chi connectivity index (χ3v) is 6.26. The lowest BCUT2D eigenvalue weighted by molar-refractivity contribution is -0.144. The predicted octanol–water partition coefficient (Wildman–Crippen LogP) is 3.73. The van der Waals surface area contributed by atoms with Gasteiger partial charge in [-0.15, -0.1) is 0 Å². The van der Waals surface area contributed by atoms with E-state index in [0.29, 0.717) is 10.4 Å². The van der Waals surface area contributed by atoms with E-state index >= 15 is 0 Å². The first-order valence-corrected chi connectivity index (χ1v) is 11.6. The number of hydrogen-bond donors (Lipinski definition) is 2. The lowest BCUT2D eigenvalue weighted by Crippen LogP contribution is -2.30. The second kappa shape index (κ2) is 9.01. The van der Waals surface area contributed by atoms with Gasteiger partial charge in [0, 0.05) is 24.6 Å². The highest BCUT2D eigenvalue weighted by Gasteiger charge is 2.32. The highest BCUT2D eigenvalue weighted by Crippen LogP contribution is 2.26. The zero-order valence-electron chi connectivity index (χ0n) is 20.1. The van der Waals surface area contributed by atoms with E-state index in [0.717, 1.165) is 29.9 Å². The molecule has 1 aliphatic heterocycles. The molecule has 4 heterocycles. The number of anilines is 2. The number of nitrogens with zero attached hydrogens (tertiary/aromatic N) is 6. The summed E-state index contributed by atoms with van der Waals surface area (Å²) in [7, 11) is 0. The molecule has 0 radical (unpaired) electrons. The van der Waals surface area contributed by atoms with Gasteiger partial charge in [-0.3, -0.25) is 9.78 Å². The molecular weight excluding hydrogens is 485 g/mol. The van der Waals surface area contributed by atoms with Crippen molar-refractivity contribution >= 4 is 22.7 Å². The fourth-order valence-corrected chi connectivity index (χ4v) is 4.30. The molecule has 0 bridgehead atoms. The molecule has 0 aliphatic carbocycles. The van der Waals surface area contributed by atoms with Gasteiger partial charge in [0.2, 0.25) is 5.95 Å². The van der Waals surface area contributed by atoms with Crippen LogP contribution in [-0.2, 0) is 24.9 Å². The van der Waals surface area contributed by atoms with Crippen LogP contribution in [0.1, 0.15) is 30.7 Å². The van der Waals surface area contributed by atoms with Crippen LogP contribution < -0.4 is 16.2 Å². The van der Waals surface area contributed by atoms with E-state index in [1.54, 1.807) is 13.8 Å². The summed E-state index contributed by atoms with van der Waals surface area (Å²) in [6, 6.07) is 10.9. The molecule has 0 amide bonds. The first-order valence-electron chi connectivity index (χ1n) is 11.6. The average Bonchev–Trinajstić information content (AvgIpc) is 3.13. The van der Waals surface area contributed by atoms with E-state index in [2.05, 4.69) is 31.7 Å². The summed E-state index contributed by atoms with van der Waals surface area (Å²) in [5, 5.41) is 15.9. The number of hydrogen-bond acceptors (Lipinski definition) is 7. The Kier molecular flexibility index (Phi) is 5.95. The minimum Gasteiger partial charge on any atom is -0.324 e. The van der Waals surface area contributed by atoms with Crippen LogP contribution in [0.15, 0.2) is 47.5 Å². The maximum atomic E-state index is 13.5. The van der Waals surface area contributed by atoms with E-state index < -0.39 is 23.7 Å². The molecule has 1 aliphatic rings. The van der Waals surface area contributed by atoms with Gasteiger partial charge in [0.05, 0.1) is 22.9 Å². The number of fused-ring (bicyclic) bond motifs is 2. The van der Waals surface area contributed by atoms with E-state index in [1.165, 1.54) is 35.7 Å². The van der Waals surface area contributed by atoms with E-state index in [9.17, 15) is 23.2 Å². The van der Waals surface area contributed by atoms with Crippen molar-refractivity contribution in [2.75, 3.05) is 11.9 Å². The maximum Gasteiger partial charge on any atom is 0.408 e. The standard InChI is InChI=1S/C25H23F3N8O/c1-24(2,13-29)20-10-18(6-8-31-20)36-21-19(22(37)35(36)14-25(26,27)28)12-32-23(34-21)33-17-4-3-16-11-30-7-5-15(16)9-17/h3-4,6,8-10,12,30H,5,7,11,14H2,1-2H3,(H,32,33,34). The van der Waals surface area contributed by atoms with Crippen molar-refractivity contribution in [3.8, 4) is 11.8 Å². The molecular formula is C25H23F3N8O. The molecule has 9 nitrogen and oxygen atoms in total. The SMILES string of the molecule is CC(C)(C#N)c1cc(-n2c3nc(Nc4ccc5c(c4)CCNC5)ncc3c(=O)n2CC(F)(F)F)ccn1. The number of alkyl halides is 3.